The van der Waals surface area contributed by atoms with Gasteiger partial charge in [0.15, 0.2) is 10.8 Å². The minimum absolute atomic E-state index is 0.0559. The second kappa shape index (κ2) is 6.48. The Kier molecular flexibility index (Phi) is 4.17. The van der Waals surface area contributed by atoms with Crippen molar-refractivity contribution in [3.63, 3.8) is 0 Å². The van der Waals surface area contributed by atoms with Crippen LogP contribution in [-0.4, -0.2) is 47.1 Å². The number of aromatic nitrogens is 2. The standard InChI is InChI=1S/C18H20N4O2S/c1-12(2)15-11-14(20-24-15)17(23)21-7-9-22(10-8-21)18-19-13-5-3-4-6-16(13)25-18/h3-6,11-12H,7-10H2,1-2H3. The minimum Gasteiger partial charge on any atom is -0.360 e. The fourth-order valence-electron chi connectivity index (χ4n) is 2.92. The number of piperazine rings is 1. The molecule has 130 valence electrons. The van der Waals surface area contributed by atoms with E-state index in [1.54, 1.807) is 17.4 Å². The van der Waals surface area contributed by atoms with Crippen LogP contribution in [0.1, 0.15) is 36.0 Å². The number of para-hydroxylation sites is 1. The second-order valence-electron chi connectivity index (χ2n) is 6.51. The summed E-state index contributed by atoms with van der Waals surface area (Å²) in [5.74, 6) is 0.918. The van der Waals surface area contributed by atoms with Gasteiger partial charge in [-0.25, -0.2) is 4.98 Å². The molecule has 4 rings (SSSR count). The predicted molar refractivity (Wildman–Crippen MR) is 98.3 cm³/mol. The molecular formula is C18H20N4O2S. The molecule has 0 N–H and O–H groups in total. The van der Waals surface area contributed by atoms with Crippen LogP contribution >= 0.6 is 11.3 Å². The molecular weight excluding hydrogens is 336 g/mol. The molecule has 7 heteroatoms. The quantitative estimate of drug-likeness (QED) is 0.720. The summed E-state index contributed by atoms with van der Waals surface area (Å²) < 4.78 is 6.44. The van der Waals surface area contributed by atoms with Gasteiger partial charge in [0, 0.05) is 38.2 Å². The first kappa shape index (κ1) is 16.1. The van der Waals surface area contributed by atoms with Gasteiger partial charge >= 0.3 is 0 Å². The van der Waals surface area contributed by atoms with E-state index in [0.717, 1.165) is 29.5 Å². The summed E-state index contributed by atoms with van der Waals surface area (Å²) in [7, 11) is 0. The molecule has 3 aromatic rings. The number of anilines is 1. The first-order chi connectivity index (χ1) is 12.1. The number of carbonyl (C=O) groups is 1. The largest absolute Gasteiger partial charge is 0.360 e. The van der Waals surface area contributed by atoms with Crippen molar-refractivity contribution in [3.05, 3.63) is 41.8 Å². The van der Waals surface area contributed by atoms with Crippen LogP contribution in [0, 0.1) is 0 Å². The molecule has 25 heavy (non-hydrogen) atoms. The van der Waals surface area contributed by atoms with Gasteiger partial charge in [0.25, 0.3) is 5.91 Å². The molecule has 0 bridgehead atoms. The maximum atomic E-state index is 12.6. The number of thiazole rings is 1. The van der Waals surface area contributed by atoms with E-state index in [4.69, 9.17) is 9.51 Å². The van der Waals surface area contributed by atoms with Crippen LogP contribution in [0.25, 0.3) is 10.2 Å². The lowest BCUT2D eigenvalue weighted by Crippen LogP contribution is -2.48. The van der Waals surface area contributed by atoms with Crippen LogP contribution in [0.15, 0.2) is 34.9 Å². The van der Waals surface area contributed by atoms with Gasteiger partial charge in [-0.15, -0.1) is 0 Å². The molecule has 1 amide bonds. The second-order valence-corrected chi connectivity index (χ2v) is 7.52. The molecule has 0 spiro atoms. The van der Waals surface area contributed by atoms with Gasteiger partial charge in [0.1, 0.15) is 5.76 Å². The minimum atomic E-state index is -0.0559. The highest BCUT2D eigenvalue weighted by atomic mass is 32.1. The summed E-state index contributed by atoms with van der Waals surface area (Å²) in [4.78, 5) is 21.4. The zero-order valence-electron chi connectivity index (χ0n) is 14.3. The van der Waals surface area contributed by atoms with Crippen molar-refractivity contribution >= 4 is 32.6 Å². The fraction of sp³-hybridized carbons (Fsp3) is 0.389. The smallest absolute Gasteiger partial charge is 0.276 e. The van der Waals surface area contributed by atoms with E-state index in [1.807, 2.05) is 36.9 Å². The fourth-order valence-corrected chi connectivity index (χ4v) is 3.94. The molecule has 1 aliphatic heterocycles. The molecule has 3 heterocycles. The highest BCUT2D eigenvalue weighted by Crippen LogP contribution is 2.29. The van der Waals surface area contributed by atoms with Crippen LogP contribution in [-0.2, 0) is 0 Å². The van der Waals surface area contributed by atoms with E-state index >= 15 is 0 Å². The number of hydrogen-bond acceptors (Lipinski definition) is 6. The Morgan fingerprint density at radius 3 is 2.64 bits per heavy atom. The molecule has 2 aromatic heterocycles. The van der Waals surface area contributed by atoms with Crippen LogP contribution in [0.5, 0.6) is 0 Å². The van der Waals surface area contributed by atoms with E-state index < -0.39 is 0 Å². The zero-order chi connectivity index (χ0) is 17.4. The van der Waals surface area contributed by atoms with E-state index in [9.17, 15) is 4.79 Å². The molecule has 0 saturated carbocycles. The molecule has 0 radical (unpaired) electrons. The van der Waals surface area contributed by atoms with Crippen molar-refractivity contribution in [2.24, 2.45) is 0 Å². The van der Waals surface area contributed by atoms with Crippen molar-refractivity contribution in [2.45, 2.75) is 19.8 Å². The topological polar surface area (TPSA) is 62.5 Å². The van der Waals surface area contributed by atoms with Crippen LogP contribution in [0.3, 0.4) is 0 Å². The molecule has 0 unspecified atom stereocenters. The maximum Gasteiger partial charge on any atom is 0.276 e. The summed E-state index contributed by atoms with van der Waals surface area (Å²) >= 11 is 1.70. The molecule has 1 saturated heterocycles. The van der Waals surface area contributed by atoms with Gasteiger partial charge in [-0.3, -0.25) is 4.79 Å². The van der Waals surface area contributed by atoms with Crippen molar-refractivity contribution < 1.29 is 9.32 Å². The average Bonchev–Trinajstić information content (AvgIpc) is 3.28. The SMILES string of the molecule is CC(C)c1cc(C(=O)N2CCN(c3nc4ccccc4s3)CC2)no1. The Morgan fingerprint density at radius 2 is 1.96 bits per heavy atom. The van der Waals surface area contributed by atoms with E-state index in [2.05, 4.69) is 16.1 Å². The number of hydrogen-bond donors (Lipinski definition) is 0. The van der Waals surface area contributed by atoms with Crippen molar-refractivity contribution in [1.29, 1.82) is 0 Å². The third-order valence-corrected chi connectivity index (χ3v) is 5.53. The van der Waals surface area contributed by atoms with E-state index in [-0.39, 0.29) is 11.8 Å². The van der Waals surface area contributed by atoms with Crippen LogP contribution in [0.4, 0.5) is 5.13 Å². The normalized spacial score (nSPS) is 15.3. The number of nitrogens with zero attached hydrogens (tertiary/aromatic N) is 4. The Morgan fingerprint density at radius 1 is 1.20 bits per heavy atom. The van der Waals surface area contributed by atoms with Gasteiger partial charge in [-0.1, -0.05) is 42.5 Å². The van der Waals surface area contributed by atoms with Crippen molar-refractivity contribution in [1.82, 2.24) is 15.0 Å². The highest BCUT2D eigenvalue weighted by Gasteiger charge is 2.26. The monoisotopic (exact) mass is 356 g/mol. The van der Waals surface area contributed by atoms with Crippen molar-refractivity contribution in [3.8, 4) is 0 Å². The Labute approximate surface area is 150 Å². The van der Waals surface area contributed by atoms with E-state index in [1.165, 1.54) is 4.70 Å². The van der Waals surface area contributed by atoms with Gasteiger partial charge in [-0.05, 0) is 12.1 Å². The maximum absolute atomic E-state index is 12.6. The lowest BCUT2D eigenvalue weighted by Gasteiger charge is -2.34. The molecule has 0 aliphatic carbocycles. The molecule has 6 nitrogen and oxygen atoms in total. The highest BCUT2D eigenvalue weighted by molar-refractivity contribution is 7.22. The summed E-state index contributed by atoms with van der Waals surface area (Å²) in [6, 6.07) is 9.92. The summed E-state index contributed by atoms with van der Waals surface area (Å²) in [6.45, 7) is 6.93. The average molecular weight is 356 g/mol. The molecule has 1 fully saturated rings. The Bertz CT molecular complexity index is 860. The van der Waals surface area contributed by atoms with Gasteiger partial charge in [0.2, 0.25) is 0 Å². The molecule has 1 aromatic carbocycles. The summed E-state index contributed by atoms with van der Waals surface area (Å²) in [6.07, 6.45) is 0. The van der Waals surface area contributed by atoms with Gasteiger partial charge in [0.05, 0.1) is 10.2 Å². The number of rotatable bonds is 3. The summed E-state index contributed by atoms with van der Waals surface area (Å²) in [5.41, 5.74) is 1.43. The summed E-state index contributed by atoms with van der Waals surface area (Å²) in [5, 5.41) is 4.95. The van der Waals surface area contributed by atoms with Gasteiger partial charge < -0.3 is 14.3 Å². The predicted octanol–water partition coefficient (Wildman–Crippen LogP) is 3.37. The Hall–Kier alpha value is -2.41. The number of amides is 1. The van der Waals surface area contributed by atoms with Gasteiger partial charge in [-0.2, -0.15) is 0 Å². The zero-order valence-corrected chi connectivity index (χ0v) is 15.1. The first-order valence-electron chi connectivity index (χ1n) is 8.48. The number of fused-ring (bicyclic) bond motifs is 1. The first-order valence-corrected chi connectivity index (χ1v) is 9.30. The lowest BCUT2D eigenvalue weighted by molar-refractivity contribution is 0.0736. The third-order valence-electron chi connectivity index (χ3n) is 4.44. The van der Waals surface area contributed by atoms with E-state index in [0.29, 0.717) is 18.8 Å². The Balaban J connectivity index is 1.42. The molecule has 0 atom stereocenters. The number of carbonyl (C=O) groups excluding carboxylic acids is 1. The molecule has 1 aliphatic rings. The lowest BCUT2D eigenvalue weighted by atomic mass is 10.1. The van der Waals surface area contributed by atoms with Crippen LogP contribution < -0.4 is 4.90 Å². The van der Waals surface area contributed by atoms with Crippen molar-refractivity contribution in [2.75, 3.05) is 31.1 Å². The number of benzene rings is 1. The van der Waals surface area contributed by atoms with Crippen LogP contribution in [0.2, 0.25) is 0 Å². The third kappa shape index (κ3) is 3.11.